The van der Waals surface area contributed by atoms with Crippen LogP contribution in [0.1, 0.15) is 31.8 Å². The maximum atomic E-state index is 12.3. The third kappa shape index (κ3) is 2.90. The molecule has 3 rings (SSSR count). The Balaban J connectivity index is 1.74. The van der Waals surface area contributed by atoms with Crippen molar-refractivity contribution < 1.29 is 14.4 Å². The molecule has 1 heterocycles. The van der Waals surface area contributed by atoms with Gasteiger partial charge in [0.25, 0.3) is 11.8 Å². The number of nitrogens with one attached hydrogen (secondary N) is 1. The van der Waals surface area contributed by atoms with Gasteiger partial charge in [0.1, 0.15) is 6.54 Å². The molecule has 0 unspecified atom stereocenters. The minimum Gasteiger partial charge on any atom is -0.325 e. The van der Waals surface area contributed by atoms with E-state index in [0.29, 0.717) is 10.7 Å². The molecular weight excluding hydrogens is 328 g/mol. The monoisotopic (exact) mass is 342 g/mol. The van der Waals surface area contributed by atoms with E-state index in [1.54, 1.807) is 12.1 Å². The van der Waals surface area contributed by atoms with Gasteiger partial charge in [0.2, 0.25) is 5.91 Å². The number of fused-ring (bicyclic) bond motifs is 1. The molecule has 0 radical (unpaired) electrons. The molecule has 0 saturated heterocycles. The number of anilines is 1. The van der Waals surface area contributed by atoms with Crippen molar-refractivity contribution in [1.82, 2.24) is 4.90 Å². The van der Waals surface area contributed by atoms with Crippen molar-refractivity contribution in [2.75, 3.05) is 11.9 Å². The molecule has 0 spiro atoms. The molecule has 3 amide bonds. The van der Waals surface area contributed by atoms with Crippen molar-refractivity contribution in [3.8, 4) is 0 Å². The Morgan fingerprint density at radius 1 is 1.00 bits per heavy atom. The third-order valence-corrected chi connectivity index (χ3v) is 4.26. The van der Waals surface area contributed by atoms with E-state index in [-0.39, 0.29) is 17.7 Å². The second kappa shape index (κ2) is 6.09. The summed E-state index contributed by atoms with van der Waals surface area (Å²) in [4.78, 5) is 37.7. The molecule has 0 fully saturated rings. The van der Waals surface area contributed by atoms with Gasteiger partial charge in [0, 0.05) is 10.7 Å². The van der Waals surface area contributed by atoms with E-state index in [0.717, 1.165) is 16.0 Å². The lowest BCUT2D eigenvalue weighted by Gasteiger charge is -2.14. The highest BCUT2D eigenvalue weighted by Gasteiger charge is 2.36. The van der Waals surface area contributed by atoms with Crippen molar-refractivity contribution in [2.45, 2.75) is 13.8 Å². The molecular formula is C18H15ClN2O3. The first-order chi connectivity index (χ1) is 11.4. The van der Waals surface area contributed by atoms with E-state index < -0.39 is 17.7 Å². The fourth-order valence-corrected chi connectivity index (χ4v) is 2.74. The molecule has 0 saturated carbocycles. The van der Waals surface area contributed by atoms with E-state index in [1.807, 2.05) is 26.0 Å². The fraction of sp³-hybridized carbons (Fsp3) is 0.167. The van der Waals surface area contributed by atoms with Crippen LogP contribution >= 0.6 is 11.6 Å². The summed E-state index contributed by atoms with van der Waals surface area (Å²) >= 11 is 5.86. The standard InChI is InChI=1S/C18H15ClN2O3/c1-10-3-5-13(7-11(10)2)20-16(22)9-21-17(23)14-6-4-12(19)8-15(14)18(21)24/h3-8H,9H2,1-2H3,(H,20,22). The number of carbonyl (C=O) groups is 3. The van der Waals surface area contributed by atoms with Gasteiger partial charge in [0.15, 0.2) is 0 Å². The lowest BCUT2D eigenvalue weighted by molar-refractivity contribution is -0.116. The summed E-state index contributed by atoms with van der Waals surface area (Å²) in [5.74, 6) is -1.42. The highest BCUT2D eigenvalue weighted by Crippen LogP contribution is 2.25. The van der Waals surface area contributed by atoms with Gasteiger partial charge in [0.05, 0.1) is 11.1 Å². The molecule has 1 aliphatic heterocycles. The number of imide groups is 1. The van der Waals surface area contributed by atoms with Gasteiger partial charge >= 0.3 is 0 Å². The summed E-state index contributed by atoms with van der Waals surface area (Å²) in [5, 5.41) is 3.08. The molecule has 1 N–H and O–H groups in total. The number of carbonyl (C=O) groups excluding carboxylic acids is 3. The molecule has 0 bridgehead atoms. The number of hydrogen-bond donors (Lipinski definition) is 1. The van der Waals surface area contributed by atoms with Crippen LogP contribution in [0.3, 0.4) is 0 Å². The Labute approximate surface area is 144 Å². The van der Waals surface area contributed by atoms with Gasteiger partial charge in [-0.1, -0.05) is 17.7 Å². The third-order valence-electron chi connectivity index (χ3n) is 4.03. The largest absolute Gasteiger partial charge is 0.325 e. The number of aryl methyl sites for hydroxylation is 2. The van der Waals surface area contributed by atoms with Crippen molar-refractivity contribution in [3.63, 3.8) is 0 Å². The van der Waals surface area contributed by atoms with Crippen LogP contribution in [-0.4, -0.2) is 29.2 Å². The smallest absolute Gasteiger partial charge is 0.262 e. The van der Waals surface area contributed by atoms with Crippen LogP contribution in [-0.2, 0) is 4.79 Å². The summed E-state index contributed by atoms with van der Waals surface area (Å²) in [6.45, 7) is 3.58. The van der Waals surface area contributed by atoms with Gasteiger partial charge < -0.3 is 5.32 Å². The number of nitrogens with zero attached hydrogens (tertiary/aromatic N) is 1. The van der Waals surface area contributed by atoms with Gasteiger partial charge in [-0.2, -0.15) is 0 Å². The SMILES string of the molecule is Cc1ccc(NC(=O)CN2C(=O)c3ccc(Cl)cc3C2=O)cc1C. The highest BCUT2D eigenvalue weighted by molar-refractivity contribution is 6.32. The zero-order chi connectivity index (χ0) is 17.4. The second-order valence-corrected chi connectivity index (χ2v) is 6.17. The Bertz CT molecular complexity index is 877. The quantitative estimate of drug-likeness (QED) is 0.871. The van der Waals surface area contributed by atoms with Gasteiger partial charge in [-0.05, 0) is 55.3 Å². The first kappa shape index (κ1) is 16.2. The summed E-state index contributed by atoms with van der Waals surface area (Å²) in [7, 11) is 0. The zero-order valence-corrected chi connectivity index (χ0v) is 14.0. The van der Waals surface area contributed by atoms with Crippen molar-refractivity contribution in [2.24, 2.45) is 0 Å². The molecule has 2 aromatic carbocycles. The van der Waals surface area contributed by atoms with E-state index in [9.17, 15) is 14.4 Å². The fourth-order valence-electron chi connectivity index (χ4n) is 2.57. The van der Waals surface area contributed by atoms with E-state index in [4.69, 9.17) is 11.6 Å². The average molecular weight is 343 g/mol. The van der Waals surface area contributed by atoms with Crippen LogP contribution < -0.4 is 5.32 Å². The molecule has 24 heavy (non-hydrogen) atoms. The maximum absolute atomic E-state index is 12.3. The van der Waals surface area contributed by atoms with Gasteiger partial charge in [-0.15, -0.1) is 0 Å². The van der Waals surface area contributed by atoms with Crippen LogP contribution in [0, 0.1) is 13.8 Å². The first-order valence-corrected chi connectivity index (χ1v) is 7.77. The molecule has 0 aromatic heterocycles. The first-order valence-electron chi connectivity index (χ1n) is 7.39. The number of benzene rings is 2. The summed E-state index contributed by atoms with van der Waals surface area (Å²) < 4.78 is 0. The summed E-state index contributed by atoms with van der Waals surface area (Å²) in [6, 6.07) is 10.0. The molecule has 0 atom stereocenters. The molecule has 122 valence electrons. The molecule has 1 aliphatic rings. The topological polar surface area (TPSA) is 66.5 Å². The van der Waals surface area contributed by atoms with E-state index in [1.165, 1.54) is 12.1 Å². The highest BCUT2D eigenvalue weighted by atomic mass is 35.5. The molecule has 6 heteroatoms. The molecule has 5 nitrogen and oxygen atoms in total. The van der Waals surface area contributed by atoms with Gasteiger partial charge in [-0.3, -0.25) is 19.3 Å². The van der Waals surface area contributed by atoms with E-state index >= 15 is 0 Å². The van der Waals surface area contributed by atoms with Gasteiger partial charge in [-0.25, -0.2) is 0 Å². The summed E-state index contributed by atoms with van der Waals surface area (Å²) in [5.41, 5.74) is 3.28. The lowest BCUT2D eigenvalue weighted by atomic mass is 10.1. The normalized spacial score (nSPS) is 13.2. The van der Waals surface area contributed by atoms with Crippen LogP contribution in [0.15, 0.2) is 36.4 Å². The van der Waals surface area contributed by atoms with Crippen LogP contribution in [0.5, 0.6) is 0 Å². The molecule has 2 aromatic rings. The van der Waals surface area contributed by atoms with Crippen molar-refractivity contribution in [3.05, 3.63) is 63.7 Å². The lowest BCUT2D eigenvalue weighted by Crippen LogP contribution is -2.37. The maximum Gasteiger partial charge on any atom is 0.262 e. The Morgan fingerprint density at radius 3 is 2.42 bits per heavy atom. The molecule has 0 aliphatic carbocycles. The summed E-state index contributed by atoms with van der Waals surface area (Å²) in [6.07, 6.45) is 0. The predicted molar refractivity (Wildman–Crippen MR) is 91.4 cm³/mol. The zero-order valence-electron chi connectivity index (χ0n) is 13.2. The predicted octanol–water partition coefficient (Wildman–Crippen LogP) is 3.19. The number of halogens is 1. The van der Waals surface area contributed by atoms with Crippen molar-refractivity contribution in [1.29, 1.82) is 0 Å². The van der Waals surface area contributed by atoms with E-state index in [2.05, 4.69) is 5.32 Å². The van der Waals surface area contributed by atoms with Crippen molar-refractivity contribution >= 4 is 35.0 Å². The minimum absolute atomic E-state index is 0.228. The van der Waals surface area contributed by atoms with Crippen LogP contribution in [0.4, 0.5) is 5.69 Å². The van der Waals surface area contributed by atoms with Crippen LogP contribution in [0.2, 0.25) is 5.02 Å². The number of amides is 3. The minimum atomic E-state index is -0.507. The second-order valence-electron chi connectivity index (χ2n) is 5.73. The Kier molecular flexibility index (Phi) is 4.11. The average Bonchev–Trinajstić information content (AvgIpc) is 2.75. The Hall–Kier alpha value is -2.66. The number of hydrogen-bond acceptors (Lipinski definition) is 3. The van der Waals surface area contributed by atoms with Crippen LogP contribution in [0.25, 0.3) is 0 Å². The Morgan fingerprint density at radius 2 is 1.71 bits per heavy atom. The number of rotatable bonds is 3.